The molecule has 0 saturated heterocycles. The van der Waals surface area contributed by atoms with E-state index in [1.807, 2.05) is 43.3 Å². The molecule has 0 aliphatic heterocycles. The van der Waals surface area contributed by atoms with Crippen molar-refractivity contribution >= 4 is 5.69 Å². The topological polar surface area (TPSA) is 35.8 Å². The molecule has 2 nitrogen and oxygen atoms in total. The molecule has 2 heteroatoms. The molecule has 0 bridgehead atoms. The summed E-state index contributed by atoms with van der Waals surface area (Å²) in [6.45, 7) is 4.09. The Morgan fingerprint density at radius 3 is 2.44 bits per heavy atom. The van der Waals surface area contributed by atoms with Crippen LogP contribution >= 0.6 is 0 Å². The van der Waals surface area contributed by atoms with Crippen molar-refractivity contribution in [2.75, 3.05) is 5.32 Å². The summed E-state index contributed by atoms with van der Waals surface area (Å²) in [6, 6.07) is 18.5. The lowest BCUT2D eigenvalue weighted by atomic mass is 10.0. The first-order valence-corrected chi connectivity index (χ1v) is 6.03. The summed E-state index contributed by atoms with van der Waals surface area (Å²) in [4.78, 5) is 0. The van der Waals surface area contributed by atoms with E-state index in [-0.39, 0.29) is 6.04 Å². The van der Waals surface area contributed by atoms with Gasteiger partial charge in [-0.15, -0.1) is 0 Å². The van der Waals surface area contributed by atoms with E-state index in [4.69, 9.17) is 5.26 Å². The number of hydrogen-bond donors (Lipinski definition) is 1. The van der Waals surface area contributed by atoms with E-state index >= 15 is 0 Å². The quantitative estimate of drug-likeness (QED) is 0.873. The van der Waals surface area contributed by atoms with Gasteiger partial charge in [0.1, 0.15) is 0 Å². The van der Waals surface area contributed by atoms with Gasteiger partial charge in [0.05, 0.1) is 11.6 Å². The maximum atomic E-state index is 9.02. The highest BCUT2D eigenvalue weighted by Crippen LogP contribution is 2.23. The van der Waals surface area contributed by atoms with Crippen LogP contribution in [0, 0.1) is 18.3 Å². The first-order valence-electron chi connectivity index (χ1n) is 6.03. The number of rotatable bonds is 3. The Kier molecular flexibility index (Phi) is 3.64. The molecular formula is C16H16N2. The Hall–Kier alpha value is -2.27. The summed E-state index contributed by atoms with van der Waals surface area (Å²) in [7, 11) is 0. The standard InChI is InChI=1S/C16H16N2/c1-12-15(11-17)9-6-10-16(12)18-13(2)14-7-4-3-5-8-14/h3-10,13,18H,1-2H3/t13-/m0/s1. The summed E-state index contributed by atoms with van der Waals surface area (Å²) < 4.78 is 0. The van der Waals surface area contributed by atoms with Gasteiger partial charge in [-0.05, 0) is 37.1 Å². The molecule has 18 heavy (non-hydrogen) atoms. The third-order valence-electron chi connectivity index (χ3n) is 3.13. The Labute approximate surface area is 108 Å². The Morgan fingerprint density at radius 2 is 1.78 bits per heavy atom. The van der Waals surface area contributed by atoms with Gasteiger partial charge in [0.15, 0.2) is 0 Å². The summed E-state index contributed by atoms with van der Waals surface area (Å²) >= 11 is 0. The average Bonchev–Trinajstić information content (AvgIpc) is 2.42. The number of benzene rings is 2. The largest absolute Gasteiger partial charge is 0.378 e. The van der Waals surface area contributed by atoms with Crippen LogP contribution in [0.25, 0.3) is 0 Å². The zero-order valence-corrected chi connectivity index (χ0v) is 10.6. The minimum absolute atomic E-state index is 0.221. The van der Waals surface area contributed by atoms with Crippen molar-refractivity contribution in [3.8, 4) is 6.07 Å². The molecule has 0 radical (unpaired) electrons. The molecule has 2 rings (SSSR count). The normalized spacial score (nSPS) is 11.6. The van der Waals surface area contributed by atoms with Crippen molar-refractivity contribution in [1.82, 2.24) is 0 Å². The van der Waals surface area contributed by atoms with E-state index in [0.29, 0.717) is 0 Å². The van der Waals surface area contributed by atoms with Crippen molar-refractivity contribution in [3.05, 3.63) is 65.2 Å². The second kappa shape index (κ2) is 5.37. The van der Waals surface area contributed by atoms with E-state index in [2.05, 4.69) is 30.4 Å². The predicted octanol–water partition coefficient (Wildman–Crippen LogP) is 4.04. The maximum absolute atomic E-state index is 9.02. The number of nitrogens with zero attached hydrogens (tertiary/aromatic N) is 1. The SMILES string of the molecule is Cc1c(C#N)cccc1N[C@@H](C)c1ccccc1. The number of nitriles is 1. The molecule has 0 spiro atoms. The fourth-order valence-electron chi connectivity index (χ4n) is 1.97. The van der Waals surface area contributed by atoms with Crippen molar-refractivity contribution < 1.29 is 0 Å². The molecule has 1 N–H and O–H groups in total. The summed E-state index contributed by atoms with van der Waals surface area (Å²) in [6.07, 6.45) is 0. The van der Waals surface area contributed by atoms with E-state index in [0.717, 1.165) is 16.8 Å². The van der Waals surface area contributed by atoms with Crippen LogP contribution in [0.3, 0.4) is 0 Å². The first kappa shape index (κ1) is 12.2. The van der Waals surface area contributed by atoms with Crippen LogP contribution < -0.4 is 5.32 Å². The maximum Gasteiger partial charge on any atom is 0.0995 e. The third-order valence-corrected chi connectivity index (χ3v) is 3.13. The van der Waals surface area contributed by atoms with Gasteiger partial charge in [0, 0.05) is 11.7 Å². The fraction of sp³-hybridized carbons (Fsp3) is 0.188. The number of nitrogens with one attached hydrogen (secondary N) is 1. The van der Waals surface area contributed by atoms with E-state index in [9.17, 15) is 0 Å². The lowest BCUT2D eigenvalue weighted by molar-refractivity contribution is 0.882. The van der Waals surface area contributed by atoms with Crippen molar-refractivity contribution in [2.24, 2.45) is 0 Å². The van der Waals surface area contributed by atoms with Crippen molar-refractivity contribution in [1.29, 1.82) is 5.26 Å². The molecule has 0 amide bonds. The molecule has 0 aliphatic rings. The van der Waals surface area contributed by atoms with Gasteiger partial charge < -0.3 is 5.32 Å². The third kappa shape index (κ3) is 2.52. The second-order valence-corrected chi connectivity index (χ2v) is 4.37. The van der Waals surface area contributed by atoms with E-state index in [1.54, 1.807) is 0 Å². The van der Waals surface area contributed by atoms with Crippen LogP contribution in [-0.2, 0) is 0 Å². The highest BCUT2D eigenvalue weighted by atomic mass is 14.9. The van der Waals surface area contributed by atoms with Gasteiger partial charge in [-0.25, -0.2) is 0 Å². The van der Waals surface area contributed by atoms with Crippen LogP contribution in [0.4, 0.5) is 5.69 Å². The van der Waals surface area contributed by atoms with E-state index in [1.165, 1.54) is 5.56 Å². The lowest BCUT2D eigenvalue weighted by Gasteiger charge is -2.17. The van der Waals surface area contributed by atoms with Gasteiger partial charge in [-0.3, -0.25) is 0 Å². The molecular weight excluding hydrogens is 220 g/mol. The van der Waals surface area contributed by atoms with Gasteiger partial charge in [0.2, 0.25) is 0 Å². The Bertz CT molecular complexity index is 567. The highest BCUT2D eigenvalue weighted by molar-refractivity contribution is 5.58. The molecule has 0 unspecified atom stereocenters. The summed E-state index contributed by atoms with van der Waals surface area (Å²) in [5.74, 6) is 0. The average molecular weight is 236 g/mol. The lowest BCUT2D eigenvalue weighted by Crippen LogP contribution is -2.07. The molecule has 0 heterocycles. The monoisotopic (exact) mass is 236 g/mol. The van der Waals surface area contributed by atoms with Crippen LogP contribution in [-0.4, -0.2) is 0 Å². The highest BCUT2D eigenvalue weighted by Gasteiger charge is 2.08. The first-order chi connectivity index (χ1) is 8.72. The van der Waals surface area contributed by atoms with Gasteiger partial charge in [-0.2, -0.15) is 5.26 Å². The molecule has 1 atom stereocenters. The minimum Gasteiger partial charge on any atom is -0.378 e. The van der Waals surface area contributed by atoms with Gasteiger partial charge in [-0.1, -0.05) is 36.4 Å². The number of anilines is 1. The molecule has 0 aromatic heterocycles. The molecule has 90 valence electrons. The molecule has 0 fully saturated rings. The van der Waals surface area contributed by atoms with Crippen LogP contribution in [0.1, 0.15) is 29.7 Å². The zero-order chi connectivity index (χ0) is 13.0. The Balaban J connectivity index is 2.23. The molecule has 2 aromatic carbocycles. The smallest absolute Gasteiger partial charge is 0.0995 e. The van der Waals surface area contributed by atoms with Crippen LogP contribution in [0.2, 0.25) is 0 Å². The summed E-state index contributed by atoms with van der Waals surface area (Å²) in [5.41, 5.74) is 3.98. The van der Waals surface area contributed by atoms with Gasteiger partial charge in [0.25, 0.3) is 0 Å². The Morgan fingerprint density at radius 1 is 1.06 bits per heavy atom. The minimum atomic E-state index is 0.221. The van der Waals surface area contributed by atoms with Crippen molar-refractivity contribution in [2.45, 2.75) is 19.9 Å². The van der Waals surface area contributed by atoms with Crippen LogP contribution in [0.15, 0.2) is 48.5 Å². The summed E-state index contributed by atoms with van der Waals surface area (Å²) in [5, 5.41) is 12.5. The molecule has 0 aliphatic carbocycles. The van der Waals surface area contributed by atoms with Crippen molar-refractivity contribution in [3.63, 3.8) is 0 Å². The zero-order valence-electron chi connectivity index (χ0n) is 10.6. The fourth-order valence-corrected chi connectivity index (χ4v) is 1.97. The van der Waals surface area contributed by atoms with E-state index < -0.39 is 0 Å². The predicted molar refractivity (Wildman–Crippen MR) is 74.4 cm³/mol. The van der Waals surface area contributed by atoms with Crippen LogP contribution in [0.5, 0.6) is 0 Å². The molecule has 0 saturated carbocycles. The number of hydrogen-bond acceptors (Lipinski definition) is 2. The van der Waals surface area contributed by atoms with Gasteiger partial charge >= 0.3 is 0 Å². The molecule has 2 aromatic rings. The second-order valence-electron chi connectivity index (χ2n) is 4.37.